The van der Waals surface area contributed by atoms with Crippen LogP contribution in [0.3, 0.4) is 0 Å². The summed E-state index contributed by atoms with van der Waals surface area (Å²) >= 11 is 0. The first-order valence-corrected chi connectivity index (χ1v) is 8.22. The summed E-state index contributed by atoms with van der Waals surface area (Å²) in [6.07, 6.45) is -1.13. The predicted octanol–water partition coefficient (Wildman–Crippen LogP) is 2.68. The van der Waals surface area contributed by atoms with E-state index in [0.29, 0.717) is 17.1 Å². The smallest absolute Gasteiger partial charge is 0.215 e. The lowest BCUT2D eigenvalue weighted by molar-refractivity contribution is -0.338. The van der Waals surface area contributed by atoms with Gasteiger partial charge < -0.3 is 18.9 Å². The molecule has 3 saturated heterocycles. The standard InChI is InChI=1S/C19H18N4O4/c1-11-17(2)26-15(12-6-5-7-13(24-3)14(12)25-4)19(10-22,16(23)27-17)18(11,8-20)9-21/h5-7,11,15,23H,1-4H3/t11-,15+,17-,19-/m0/s1. The van der Waals surface area contributed by atoms with E-state index >= 15 is 0 Å². The number of hydrogen-bond acceptors (Lipinski definition) is 8. The van der Waals surface area contributed by atoms with Gasteiger partial charge in [0.15, 0.2) is 22.3 Å². The molecule has 0 radical (unpaired) electrons. The average molecular weight is 366 g/mol. The molecule has 0 unspecified atom stereocenters. The molecule has 3 aliphatic heterocycles. The van der Waals surface area contributed by atoms with E-state index in [4.69, 9.17) is 24.4 Å². The molecule has 2 bridgehead atoms. The highest BCUT2D eigenvalue weighted by atomic mass is 16.7. The Kier molecular flexibility index (Phi) is 4.03. The number of nitrogens with one attached hydrogen (secondary N) is 1. The molecule has 3 heterocycles. The van der Waals surface area contributed by atoms with Crippen LogP contribution in [0.15, 0.2) is 18.2 Å². The Bertz CT molecular complexity index is 926. The number of rotatable bonds is 3. The average Bonchev–Trinajstić information content (AvgIpc) is 2.68. The van der Waals surface area contributed by atoms with Gasteiger partial charge in [-0.2, -0.15) is 15.8 Å². The molecule has 0 spiro atoms. The van der Waals surface area contributed by atoms with Gasteiger partial charge in [-0.15, -0.1) is 0 Å². The van der Waals surface area contributed by atoms with Crippen LogP contribution in [0.5, 0.6) is 11.5 Å². The fourth-order valence-corrected chi connectivity index (χ4v) is 4.07. The van der Waals surface area contributed by atoms with Crippen LogP contribution in [0.2, 0.25) is 0 Å². The van der Waals surface area contributed by atoms with Crippen LogP contribution in [0.25, 0.3) is 0 Å². The summed E-state index contributed by atoms with van der Waals surface area (Å²) in [5.41, 5.74) is -3.41. The third-order valence-corrected chi connectivity index (χ3v) is 5.71. The van der Waals surface area contributed by atoms with Gasteiger partial charge >= 0.3 is 0 Å². The molecule has 138 valence electrons. The molecule has 1 aromatic rings. The van der Waals surface area contributed by atoms with E-state index in [0.717, 1.165) is 0 Å². The van der Waals surface area contributed by atoms with Gasteiger partial charge in [-0.3, -0.25) is 5.41 Å². The van der Waals surface area contributed by atoms with Crippen LogP contribution in [0, 0.1) is 56.2 Å². The minimum absolute atomic E-state index is 0.306. The summed E-state index contributed by atoms with van der Waals surface area (Å²) < 4.78 is 22.5. The zero-order chi connectivity index (χ0) is 20.0. The van der Waals surface area contributed by atoms with E-state index < -0.39 is 34.5 Å². The Balaban J connectivity index is 2.38. The van der Waals surface area contributed by atoms with Crippen molar-refractivity contribution in [3.05, 3.63) is 23.8 Å². The molecule has 1 aromatic carbocycles. The van der Waals surface area contributed by atoms with Gasteiger partial charge in [0.05, 0.1) is 38.3 Å². The van der Waals surface area contributed by atoms with Crippen molar-refractivity contribution in [2.45, 2.75) is 25.7 Å². The van der Waals surface area contributed by atoms with Crippen molar-refractivity contribution in [1.29, 1.82) is 21.2 Å². The monoisotopic (exact) mass is 366 g/mol. The zero-order valence-corrected chi connectivity index (χ0v) is 15.4. The summed E-state index contributed by atoms with van der Waals surface area (Å²) in [7, 11) is 2.91. The van der Waals surface area contributed by atoms with E-state index in [2.05, 4.69) is 0 Å². The maximum absolute atomic E-state index is 10.1. The SMILES string of the molecule is COc1cccc([C@H]2O[C@@]3(C)OC(=N)[C@@]2(C#N)C(C#N)(C#N)[C@H]3C)c1OC. The molecule has 3 aliphatic rings. The summed E-state index contributed by atoms with van der Waals surface area (Å²) in [4.78, 5) is 0. The van der Waals surface area contributed by atoms with Gasteiger partial charge in [0.2, 0.25) is 11.7 Å². The van der Waals surface area contributed by atoms with Crippen molar-refractivity contribution in [2.24, 2.45) is 16.7 Å². The minimum atomic E-state index is -1.96. The van der Waals surface area contributed by atoms with Gasteiger partial charge in [-0.1, -0.05) is 19.1 Å². The molecule has 4 atom stereocenters. The second-order valence-electron chi connectivity index (χ2n) is 6.70. The number of benzene rings is 1. The maximum atomic E-state index is 10.1. The lowest BCUT2D eigenvalue weighted by Gasteiger charge is -2.60. The van der Waals surface area contributed by atoms with Crippen molar-refractivity contribution in [3.8, 4) is 29.7 Å². The van der Waals surface area contributed by atoms with Crippen LogP contribution >= 0.6 is 0 Å². The molecular formula is C19H18N4O4. The highest BCUT2D eigenvalue weighted by Gasteiger charge is 2.78. The van der Waals surface area contributed by atoms with Gasteiger partial charge in [0, 0.05) is 12.5 Å². The first kappa shape index (κ1) is 18.5. The molecule has 27 heavy (non-hydrogen) atoms. The first-order chi connectivity index (χ1) is 12.8. The van der Waals surface area contributed by atoms with E-state index in [1.807, 2.05) is 18.2 Å². The number of nitriles is 3. The third kappa shape index (κ3) is 1.95. The van der Waals surface area contributed by atoms with Crippen LogP contribution in [0.4, 0.5) is 0 Å². The van der Waals surface area contributed by atoms with E-state index in [1.54, 1.807) is 32.0 Å². The Morgan fingerprint density at radius 3 is 2.30 bits per heavy atom. The van der Waals surface area contributed by atoms with Crippen LogP contribution in [-0.2, 0) is 9.47 Å². The molecule has 1 N–H and O–H groups in total. The summed E-state index contributed by atoms with van der Waals surface area (Å²) in [6, 6.07) is 11.0. The second-order valence-corrected chi connectivity index (χ2v) is 6.70. The number of para-hydroxylation sites is 1. The molecule has 8 nitrogen and oxygen atoms in total. The summed E-state index contributed by atoms with van der Waals surface area (Å²) in [6.45, 7) is 3.18. The highest BCUT2D eigenvalue weighted by molar-refractivity contribution is 5.89. The number of hydrogen-bond donors (Lipinski definition) is 1. The molecule has 0 saturated carbocycles. The fourth-order valence-electron chi connectivity index (χ4n) is 4.07. The van der Waals surface area contributed by atoms with Crippen molar-refractivity contribution in [3.63, 3.8) is 0 Å². The number of methoxy groups -OCH3 is 2. The highest BCUT2D eigenvalue weighted by Crippen LogP contribution is 2.67. The number of ether oxygens (including phenoxy) is 4. The fraction of sp³-hybridized carbons (Fsp3) is 0.474. The van der Waals surface area contributed by atoms with Crippen molar-refractivity contribution in [2.75, 3.05) is 14.2 Å². The van der Waals surface area contributed by atoms with Crippen molar-refractivity contribution < 1.29 is 18.9 Å². The second kappa shape index (κ2) is 5.87. The summed E-state index contributed by atoms with van der Waals surface area (Å²) in [5, 5.41) is 38.5. The number of nitrogens with zero attached hydrogens (tertiary/aromatic N) is 3. The summed E-state index contributed by atoms with van der Waals surface area (Å²) in [5.74, 6) is -1.96. The van der Waals surface area contributed by atoms with Crippen molar-refractivity contribution >= 4 is 5.90 Å². The van der Waals surface area contributed by atoms with E-state index in [1.165, 1.54) is 14.2 Å². The Morgan fingerprint density at radius 1 is 1.11 bits per heavy atom. The molecule has 4 rings (SSSR count). The Morgan fingerprint density at radius 2 is 1.78 bits per heavy atom. The van der Waals surface area contributed by atoms with Crippen LogP contribution < -0.4 is 9.47 Å². The van der Waals surface area contributed by atoms with Gasteiger partial charge in [0.25, 0.3) is 0 Å². The quantitative estimate of drug-likeness (QED) is 0.869. The largest absolute Gasteiger partial charge is 0.493 e. The lowest BCUT2D eigenvalue weighted by atomic mass is 9.51. The Hall–Kier alpha value is -3.28. The van der Waals surface area contributed by atoms with Crippen LogP contribution in [0.1, 0.15) is 25.5 Å². The minimum Gasteiger partial charge on any atom is -0.493 e. The molecular weight excluding hydrogens is 348 g/mol. The lowest BCUT2D eigenvalue weighted by Crippen LogP contribution is -2.71. The van der Waals surface area contributed by atoms with Crippen LogP contribution in [-0.4, -0.2) is 25.9 Å². The van der Waals surface area contributed by atoms with E-state index in [9.17, 15) is 15.8 Å². The molecule has 0 aromatic heterocycles. The third-order valence-electron chi connectivity index (χ3n) is 5.71. The molecule has 0 aliphatic carbocycles. The maximum Gasteiger partial charge on any atom is 0.215 e. The topological polar surface area (TPSA) is 132 Å². The molecule has 3 fully saturated rings. The molecule has 0 amide bonds. The van der Waals surface area contributed by atoms with Gasteiger partial charge in [-0.05, 0) is 6.07 Å². The van der Waals surface area contributed by atoms with Gasteiger partial charge in [0.1, 0.15) is 6.10 Å². The Labute approximate surface area is 156 Å². The van der Waals surface area contributed by atoms with E-state index in [-0.39, 0.29) is 0 Å². The predicted molar refractivity (Wildman–Crippen MR) is 91.5 cm³/mol. The number of fused-ring (bicyclic) bond motifs is 3. The normalized spacial score (nSPS) is 33.1. The zero-order valence-electron chi connectivity index (χ0n) is 15.4. The molecule has 8 heteroatoms. The van der Waals surface area contributed by atoms with Crippen molar-refractivity contribution in [1.82, 2.24) is 0 Å². The van der Waals surface area contributed by atoms with Gasteiger partial charge in [-0.25, -0.2) is 0 Å². The first-order valence-electron chi connectivity index (χ1n) is 8.22.